The first-order valence-electron chi connectivity index (χ1n) is 7.37. The average Bonchev–Trinajstić information content (AvgIpc) is 2.61. The van der Waals surface area contributed by atoms with E-state index in [0.717, 1.165) is 19.3 Å². The first-order chi connectivity index (χ1) is 9.11. The molecule has 20 heavy (non-hydrogen) atoms. The van der Waals surface area contributed by atoms with Gasteiger partial charge in [0.1, 0.15) is 5.60 Å². The maximum absolute atomic E-state index is 11.6. The molecule has 0 saturated carbocycles. The first kappa shape index (κ1) is 17.2. The van der Waals surface area contributed by atoms with Crippen LogP contribution >= 0.6 is 0 Å². The van der Waals surface area contributed by atoms with E-state index in [0.29, 0.717) is 6.54 Å². The molecule has 0 aliphatic carbocycles. The van der Waals surface area contributed by atoms with Crippen molar-refractivity contribution in [2.45, 2.75) is 71.2 Å². The standard InChI is InChI=1S/C15H29NO4/c1-14(2,3)20-13(18)16-9-11(10-17)8-12-6-7-15(4,5)19-12/h11-12,17H,6-10H2,1-5H3,(H,16,18). The van der Waals surface area contributed by atoms with Crippen molar-refractivity contribution in [1.82, 2.24) is 5.32 Å². The molecule has 0 aromatic carbocycles. The molecule has 2 N–H and O–H groups in total. The summed E-state index contributed by atoms with van der Waals surface area (Å²) in [6.07, 6.45) is 2.53. The highest BCUT2D eigenvalue weighted by Gasteiger charge is 2.32. The second kappa shape index (κ2) is 6.76. The molecule has 0 aromatic heterocycles. The van der Waals surface area contributed by atoms with E-state index in [2.05, 4.69) is 19.2 Å². The summed E-state index contributed by atoms with van der Waals surface area (Å²) in [5.41, 5.74) is -0.569. The van der Waals surface area contributed by atoms with Crippen LogP contribution in [0.25, 0.3) is 0 Å². The van der Waals surface area contributed by atoms with Crippen molar-refractivity contribution in [2.24, 2.45) is 5.92 Å². The van der Waals surface area contributed by atoms with Crippen LogP contribution in [-0.4, -0.2) is 41.7 Å². The zero-order valence-electron chi connectivity index (χ0n) is 13.4. The van der Waals surface area contributed by atoms with Gasteiger partial charge in [0, 0.05) is 19.1 Å². The van der Waals surface area contributed by atoms with Gasteiger partial charge in [-0.25, -0.2) is 4.79 Å². The van der Waals surface area contributed by atoms with Crippen LogP contribution in [0.1, 0.15) is 53.9 Å². The van der Waals surface area contributed by atoms with Crippen molar-refractivity contribution in [3.63, 3.8) is 0 Å². The molecule has 1 aliphatic rings. The second-order valence-electron chi connectivity index (χ2n) is 7.21. The third-order valence-corrected chi connectivity index (χ3v) is 3.34. The van der Waals surface area contributed by atoms with Crippen molar-refractivity contribution in [3.8, 4) is 0 Å². The lowest BCUT2D eigenvalue weighted by Gasteiger charge is -2.24. The van der Waals surface area contributed by atoms with Gasteiger partial charge in [0.25, 0.3) is 0 Å². The highest BCUT2D eigenvalue weighted by Crippen LogP contribution is 2.32. The first-order valence-corrected chi connectivity index (χ1v) is 7.37. The van der Waals surface area contributed by atoms with Crippen LogP contribution in [0.4, 0.5) is 4.79 Å². The minimum Gasteiger partial charge on any atom is -0.444 e. The number of carbonyl (C=O) groups is 1. The molecule has 1 amide bonds. The van der Waals surface area contributed by atoms with E-state index in [9.17, 15) is 9.90 Å². The number of carbonyl (C=O) groups excluding carboxylic acids is 1. The van der Waals surface area contributed by atoms with Crippen molar-refractivity contribution in [1.29, 1.82) is 0 Å². The molecule has 1 saturated heterocycles. The minimum absolute atomic E-state index is 0.00131. The molecule has 0 bridgehead atoms. The minimum atomic E-state index is -0.503. The maximum Gasteiger partial charge on any atom is 0.407 e. The van der Waals surface area contributed by atoms with E-state index in [1.165, 1.54) is 0 Å². The summed E-state index contributed by atoms with van der Waals surface area (Å²) < 4.78 is 11.1. The van der Waals surface area contributed by atoms with E-state index in [1.807, 2.05) is 20.8 Å². The van der Waals surface area contributed by atoms with E-state index in [4.69, 9.17) is 9.47 Å². The molecule has 118 valence electrons. The largest absolute Gasteiger partial charge is 0.444 e. The van der Waals surface area contributed by atoms with E-state index >= 15 is 0 Å². The molecule has 0 spiro atoms. The number of hydrogen-bond acceptors (Lipinski definition) is 4. The van der Waals surface area contributed by atoms with Gasteiger partial charge in [-0.3, -0.25) is 0 Å². The Kier molecular flexibility index (Phi) is 5.83. The number of hydrogen-bond donors (Lipinski definition) is 2. The summed E-state index contributed by atoms with van der Waals surface area (Å²) in [6.45, 7) is 10.1. The molecular weight excluding hydrogens is 258 g/mol. The predicted octanol–water partition coefficient (Wildman–Crippen LogP) is 2.47. The molecular formula is C15H29NO4. The quantitative estimate of drug-likeness (QED) is 0.815. The summed E-state index contributed by atoms with van der Waals surface area (Å²) in [4.78, 5) is 11.6. The molecule has 0 aromatic rings. The summed E-state index contributed by atoms with van der Waals surface area (Å²) >= 11 is 0. The Labute approximate surface area is 122 Å². The van der Waals surface area contributed by atoms with Crippen LogP contribution in [0.3, 0.4) is 0 Å². The van der Waals surface area contributed by atoms with Gasteiger partial charge in [0.2, 0.25) is 0 Å². The Morgan fingerprint density at radius 1 is 1.50 bits per heavy atom. The van der Waals surface area contributed by atoms with Crippen LogP contribution in [0.5, 0.6) is 0 Å². The Hall–Kier alpha value is -0.810. The maximum atomic E-state index is 11.6. The number of rotatable bonds is 5. The summed E-state index contributed by atoms with van der Waals surface area (Å²) in [5, 5.41) is 12.1. The van der Waals surface area contributed by atoms with Crippen LogP contribution in [0, 0.1) is 5.92 Å². The molecule has 0 radical (unpaired) electrons. The topological polar surface area (TPSA) is 67.8 Å². The number of aliphatic hydroxyl groups excluding tert-OH is 1. The Morgan fingerprint density at radius 2 is 2.15 bits per heavy atom. The third kappa shape index (κ3) is 6.57. The van der Waals surface area contributed by atoms with Gasteiger partial charge in [0.05, 0.1) is 11.7 Å². The van der Waals surface area contributed by atoms with Crippen LogP contribution in [0.15, 0.2) is 0 Å². The lowest BCUT2D eigenvalue weighted by Crippen LogP contribution is -2.37. The zero-order valence-corrected chi connectivity index (χ0v) is 13.4. The molecule has 5 heteroatoms. The van der Waals surface area contributed by atoms with Crippen molar-refractivity contribution in [2.75, 3.05) is 13.2 Å². The van der Waals surface area contributed by atoms with Crippen molar-refractivity contribution >= 4 is 6.09 Å². The number of amides is 1. The summed E-state index contributed by atoms with van der Waals surface area (Å²) in [7, 11) is 0. The smallest absolute Gasteiger partial charge is 0.407 e. The van der Waals surface area contributed by atoms with Gasteiger partial charge in [0.15, 0.2) is 0 Å². The Bertz CT molecular complexity index is 322. The van der Waals surface area contributed by atoms with Crippen LogP contribution < -0.4 is 5.32 Å². The fourth-order valence-electron chi connectivity index (χ4n) is 2.38. The normalized spacial score (nSPS) is 23.4. The van der Waals surface area contributed by atoms with Crippen LogP contribution in [-0.2, 0) is 9.47 Å². The average molecular weight is 287 g/mol. The van der Waals surface area contributed by atoms with E-state index < -0.39 is 11.7 Å². The monoisotopic (exact) mass is 287 g/mol. The molecule has 1 fully saturated rings. The van der Waals surface area contributed by atoms with Gasteiger partial charge < -0.3 is 19.9 Å². The van der Waals surface area contributed by atoms with E-state index in [-0.39, 0.29) is 24.2 Å². The molecule has 1 heterocycles. The number of ether oxygens (including phenoxy) is 2. The highest BCUT2D eigenvalue weighted by atomic mass is 16.6. The molecule has 1 aliphatic heterocycles. The van der Waals surface area contributed by atoms with Gasteiger partial charge >= 0.3 is 6.09 Å². The SMILES string of the molecule is CC(C)(C)OC(=O)NCC(CO)CC1CCC(C)(C)O1. The van der Waals surface area contributed by atoms with E-state index in [1.54, 1.807) is 0 Å². The van der Waals surface area contributed by atoms with Gasteiger partial charge in [-0.2, -0.15) is 0 Å². The van der Waals surface area contributed by atoms with Gasteiger partial charge in [-0.1, -0.05) is 0 Å². The number of nitrogens with one attached hydrogen (secondary N) is 1. The third-order valence-electron chi connectivity index (χ3n) is 3.34. The molecule has 2 unspecified atom stereocenters. The van der Waals surface area contributed by atoms with Gasteiger partial charge in [-0.15, -0.1) is 0 Å². The zero-order chi connectivity index (χ0) is 15.4. The predicted molar refractivity (Wildman–Crippen MR) is 77.6 cm³/mol. The Morgan fingerprint density at radius 3 is 2.60 bits per heavy atom. The molecule has 1 rings (SSSR count). The van der Waals surface area contributed by atoms with Crippen molar-refractivity contribution in [3.05, 3.63) is 0 Å². The summed E-state index contributed by atoms with van der Waals surface area (Å²) in [6, 6.07) is 0. The summed E-state index contributed by atoms with van der Waals surface area (Å²) in [5.74, 6) is 0.00131. The fraction of sp³-hybridized carbons (Fsp3) is 0.933. The lowest BCUT2D eigenvalue weighted by atomic mass is 9.99. The fourth-order valence-corrected chi connectivity index (χ4v) is 2.38. The molecule has 5 nitrogen and oxygen atoms in total. The highest BCUT2D eigenvalue weighted by molar-refractivity contribution is 5.67. The number of aliphatic hydroxyl groups is 1. The second-order valence-corrected chi connectivity index (χ2v) is 7.21. The van der Waals surface area contributed by atoms with Crippen molar-refractivity contribution < 1.29 is 19.4 Å². The lowest BCUT2D eigenvalue weighted by molar-refractivity contribution is -0.0279. The van der Waals surface area contributed by atoms with Crippen LogP contribution in [0.2, 0.25) is 0 Å². The van der Waals surface area contributed by atoms with Gasteiger partial charge in [-0.05, 0) is 53.9 Å². The molecule has 2 atom stereocenters. The Balaban J connectivity index is 2.31. The number of alkyl carbamates (subject to hydrolysis) is 1.